The van der Waals surface area contributed by atoms with Gasteiger partial charge in [0, 0.05) is 31.5 Å². The van der Waals surface area contributed by atoms with Crippen molar-refractivity contribution in [3.05, 3.63) is 11.7 Å². The third-order valence-corrected chi connectivity index (χ3v) is 4.97. The topological polar surface area (TPSA) is 68.5 Å². The molecule has 1 saturated heterocycles. The van der Waals surface area contributed by atoms with Crippen LogP contribution in [0.2, 0.25) is 0 Å². The van der Waals surface area contributed by atoms with E-state index in [1.54, 1.807) is 0 Å². The second kappa shape index (κ2) is 7.90. The summed E-state index contributed by atoms with van der Waals surface area (Å²) < 4.78 is 10.5. The summed E-state index contributed by atoms with van der Waals surface area (Å²) >= 11 is 0. The number of aromatic nitrogens is 2. The quantitative estimate of drug-likeness (QED) is 0.834. The Kier molecular flexibility index (Phi) is 5.65. The van der Waals surface area contributed by atoms with E-state index in [-0.39, 0.29) is 11.8 Å². The van der Waals surface area contributed by atoms with E-state index in [1.807, 2.05) is 11.8 Å². The predicted octanol–water partition coefficient (Wildman–Crippen LogP) is 2.89. The maximum atomic E-state index is 12.7. The van der Waals surface area contributed by atoms with E-state index in [0.29, 0.717) is 25.0 Å². The molecule has 128 valence electrons. The molecule has 0 aromatic carbocycles. The molecule has 1 aromatic heterocycles. The van der Waals surface area contributed by atoms with E-state index in [9.17, 15) is 4.79 Å². The molecule has 2 heterocycles. The maximum Gasteiger partial charge on any atom is 0.252 e. The van der Waals surface area contributed by atoms with Crippen LogP contribution >= 0.6 is 0 Å². The van der Waals surface area contributed by atoms with Crippen LogP contribution in [0.4, 0.5) is 0 Å². The first-order valence-corrected chi connectivity index (χ1v) is 8.97. The van der Waals surface area contributed by atoms with Gasteiger partial charge in [-0.25, -0.2) is 0 Å². The number of hydrogen-bond acceptors (Lipinski definition) is 5. The van der Waals surface area contributed by atoms with Gasteiger partial charge in [0.15, 0.2) is 5.82 Å². The van der Waals surface area contributed by atoms with Gasteiger partial charge >= 0.3 is 0 Å². The van der Waals surface area contributed by atoms with Crippen LogP contribution in [0.25, 0.3) is 0 Å². The average molecular weight is 321 g/mol. The van der Waals surface area contributed by atoms with Gasteiger partial charge in [-0.05, 0) is 32.6 Å². The smallest absolute Gasteiger partial charge is 0.252 e. The maximum absolute atomic E-state index is 12.7. The normalized spacial score (nSPS) is 23.2. The molecule has 1 saturated carbocycles. The van der Waals surface area contributed by atoms with Crippen LogP contribution in [0, 0.1) is 5.92 Å². The lowest BCUT2D eigenvalue weighted by Gasteiger charge is -2.34. The number of likely N-dealkylation sites (tertiary alicyclic amines) is 1. The molecular formula is C17H27N3O3. The predicted molar refractivity (Wildman–Crippen MR) is 84.8 cm³/mol. The van der Waals surface area contributed by atoms with Crippen LogP contribution in [-0.2, 0) is 16.1 Å². The summed E-state index contributed by atoms with van der Waals surface area (Å²) in [6.45, 7) is 4.53. The summed E-state index contributed by atoms with van der Waals surface area (Å²) in [7, 11) is 0. The summed E-state index contributed by atoms with van der Waals surface area (Å²) in [5.41, 5.74) is 0. The fourth-order valence-electron chi connectivity index (χ4n) is 3.68. The molecule has 1 unspecified atom stereocenters. The van der Waals surface area contributed by atoms with Crippen LogP contribution in [0.15, 0.2) is 4.52 Å². The summed E-state index contributed by atoms with van der Waals surface area (Å²) in [6, 6.07) is 0. The lowest BCUT2D eigenvalue weighted by molar-refractivity contribution is -0.137. The van der Waals surface area contributed by atoms with Crippen molar-refractivity contribution in [2.75, 3.05) is 19.7 Å². The van der Waals surface area contributed by atoms with Crippen LogP contribution < -0.4 is 0 Å². The molecule has 23 heavy (non-hydrogen) atoms. The number of carbonyl (C=O) groups excluding carboxylic acids is 1. The SMILES string of the molecule is CCOCc1nc(C2CCCN(C(=O)C3CCCCC3)C2)no1. The third-order valence-electron chi connectivity index (χ3n) is 4.97. The molecule has 2 fully saturated rings. The minimum atomic E-state index is 0.190. The number of hydrogen-bond donors (Lipinski definition) is 0. The van der Waals surface area contributed by atoms with E-state index in [2.05, 4.69) is 10.1 Å². The fraction of sp³-hybridized carbons (Fsp3) is 0.824. The van der Waals surface area contributed by atoms with Crippen molar-refractivity contribution in [1.29, 1.82) is 0 Å². The largest absolute Gasteiger partial charge is 0.372 e. The van der Waals surface area contributed by atoms with Gasteiger partial charge in [0.2, 0.25) is 5.91 Å². The van der Waals surface area contributed by atoms with Gasteiger partial charge in [-0.2, -0.15) is 4.98 Å². The zero-order valence-corrected chi connectivity index (χ0v) is 14.0. The highest BCUT2D eigenvalue weighted by atomic mass is 16.5. The molecule has 0 bridgehead atoms. The van der Waals surface area contributed by atoms with Gasteiger partial charge in [-0.15, -0.1) is 0 Å². The Morgan fingerprint density at radius 3 is 2.87 bits per heavy atom. The zero-order chi connectivity index (χ0) is 16.1. The molecule has 0 N–H and O–H groups in total. The highest BCUT2D eigenvalue weighted by Gasteiger charge is 2.31. The van der Waals surface area contributed by atoms with Crippen molar-refractivity contribution < 1.29 is 14.1 Å². The van der Waals surface area contributed by atoms with Gasteiger partial charge in [-0.3, -0.25) is 4.79 Å². The standard InChI is InChI=1S/C17H27N3O3/c1-2-22-12-15-18-16(19-23-15)14-9-6-10-20(11-14)17(21)13-7-4-3-5-8-13/h13-14H,2-12H2,1H3. The van der Waals surface area contributed by atoms with E-state index < -0.39 is 0 Å². The molecular weight excluding hydrogens is 294 g/mol. The van der Waals surface area contributed by atoms with Crippen molar-refractivity contribution in [1.82, 2.24) is 15.0 Å². The Morgan fingerprint density at radius 2 is 2.09 bits per heavy atom. The monoisotopic (exact) mass is 321 g/mol. The van der Waals surface area contributed by atoms with Crippen LogP contribution in [-0.4, -0.2) is 40.6 Å². The Balaban J connectivity index is 1.59. The van der Waals surface area contributed by atoms with Crippen molar-refractivity contribution in [2.24, 2.45) is 5.92 Å². The Labute approximate surface area is 137 Å². The first-order valence-electron chi connectivity index (χ1n) is 8.97. The first-order chi connectivity index (χ1) is 11.3. The zero-order valence-electron chi connectivity index (χ0n) is 14.0. The van der Waals surface area contributed by atoms with Gasteiger partial charge < -0.3 is 14.2 Å². The Morgan fingerprint density at radius 1 is 1.26 bits per heavy atom. The average Bonchev–Trinajstić information content (AvgIpc) is 3.09. The summed E-state index contributed by atoms with van der Waals surface area (Å²) in [4.78, 5) is 19.2. The highest BCUT2D eigenvalue weighted by molar-refractivity contribution is 5.79. The molecule has 2 aliphatic rings. The van der Waals surface area contributed by atoms with E-state index in [0.717, 1.165) is 44.6 Å². The second-order valence-corrected chi connectivity index (χ2v) is 6.64. The summed E-state index contributed by atoms with van der Waals surface area (Å²) in [5.74, 6) is 2.02. The lowest BCUT2D eigenvalue weighted by atomic mass is 9.87. The molecule has 1 amide bonds. The van der Waals surface area contributed by atoms with Crippen LogP contribution in [0.1, 0.15) is 69.5 Å². The molecule has 1 aliphatic heterocycles. The third kappa shape index (κ3) is 4.10. The van der Waals surface area contributed by atoms with E-state index in [4.69, 9.17) is 9.26 Å². The fourth-order valence-corrected chi connectivity index (χ4v) is 3.68. The number of piperidine rings is 1. The molecule has 0 radical (unpaired) electrons. The molecule has 6 nitrogen and oxygen atoms in total. The van der Waals surface area contributed by atoms with Gasteiger partial charge in [0.1, 0.15) is 6.61 Å². The van der Waals surface area contributed by atoms with Crippen LogP contribution in [0.3, 0.4) is 0 Å². The number of carbonyl (C=O) groups is 1. The Hall–Kier alpha value is -1.43. The van der Waals surface area contributed by atoms with Crippen molar-refractivity contribution in [3.63, 3.8) is 0 Å². The number of ether oxygens (including phenoxy) is 1. The van der Waals surface area contributed by atoms with Crippen molar-refractivity contribution in [3.8, 4) is 0 Å². The molecule has 6 heteroatoms. The molecule has 1 aromatic rings. The minimum absolute atomic E-state index is 0.190. The van der Waals surface area contributed by atoms with Crippen LogP contribution in [0.5, 0.6) is 0 Å². The first kappa shape index (κ1) is 16.4. The lowest BCUT2D eigenvalue weighted by Crippen LogP contribution is -2.43. The molecule has 1 atom stereocenters. The van der Waals surface area contributed by atoms with Gasteiger partial charge in [0.05, 0.1) is 0 Å². The summed E-state index contributed by atoms with van der Waals surface area (Å²) in [6.07, 6.45) is 7.80. The van der Waals surface area contributed by atoms with E-state index in [1.165, 1.54) is 19.3 Å². The van der Waals surface area contributed by atoms with Gasteiger partial charge in [0.25, 0.3) is 5.89 Å². The number of nitrogens with zero attached hydrogens (tertiary/aromatic N) is 3. The number of rotatable bonds is 5. The minimum Gasteiger partial charge on any atom is -0.372 e. The summed E-state index contributed by atoms with van der Waals surface area (Å²) in [5, 5.41) is 4.09. The van der Waals surface area contributed by atoms with Crippen molar-refractivity contribution in [2.45, 2.75) is 64.4 Å². The molecule has 1 aliphatic carbocycles. The molecule has 0 spiro atoms. The van der Waals surface area contributed by atoms with E-state index >= 15 is 0 Å². The Bertz CT molecular complexity index is 511. The molecule has 3 rings (SSSR count). The second-order valence-electron chi connectivity index (χ2n) is 6.64. The van der Waals surface area contributed by atoms with Gasteiger partial charge in [-0.1, -0.05) is 24.4 Å². The highest BCUT2D eigenvalue weighted by Crippen LogP contribution is 2.30. The van der Waals surface area contributed by atoms with Crippen molar-refractivity contribution >= 4 is 5.91 Å². The number of amides is 1.